The molecule has 1 amide bonds. The number of carboxylic acid groups (broad SMARTS) is 1. The van der Waals surface area contributed by atoms with Crippen molar-refractivity contribution in [1.82, 2.24) is 10.3 Å². The summed E-state index contributed by atoms with van der Waals surface area (Å²) in [4.78, 5) is 26.5. The highest BCUT2D eigenvalue weighted by atomic mass is 32.2. The Labute approximate surface area is 133 Å². The molecule has 0 aliphatic heterocycles. The van der Waals surface area contributed by atoms with Crippen LogP contribution in [-0.2, 0) is 20.8 Å². The molecule has 1 aromatic heterocycles. The van der Waals surface area contributed by atoms with E-state index >= 15 is 0 Å². The maximum atomic E-state index is 11.0. The molecule has 1 atom stereocenters. The van der Waals surface area contributed by atoms with Gasteiger partial charge in [0.1, 0.15) is 11.0 Å². The van der Waals surface area contributed by atoms with Crippen LogP contribution in [0.1, 0.15) is 44.8 Å². The molecule has 1 unspecified atom stereocenters. The topological polar surface area (TPSA) is 79.3 Å². The van der Waals surface area contributed by atoms with Crippen molar-refractivity contribution in [2.75, 3.05) is 5.75 Å². The summed E-state index contributed by atoms with van der Waals surface area (Å²) >= 11 is 3.27. The third-order valence-electron chi connectivity index (χ3n) is 2.77. The maximum absolute atomic E-state index is 11.0. The van der Waals surface area contributed by atoms with Crippen LogP contribution in [0.15, 0.2) is 5.38 Å². The summed E-state index contributed by atoms with van der Waals surface area (Å²) in [7, 11) is 0. The van der Waals surface area contributed by atoms with Crippen LogP contribution in [0.4, 0.5) is 0 Å². The normalized spacial score (nSPS) is 13.0. The van der Waals surface area contributed by atoms with E-state index < -0.39 is 12.0 Å². The summed E-state index contributed by atoms with van der Waals surface area (Å²) < 4.78 is 0. The first kappa shape index (κ1) is 18.0. The third-order valence-corrected chi connectivity index (χ3v) is 4.81. The fourth-order valence-corrected chi connectivity index (χ4v) is 3.70. The number of nitrogens with zero attached hydrogens (tertiary/aromatic N) is 1. The first-order chi connectivity index (χ1) is 9.70. The van der Waals surface area contributed by atoms with Gasteiger partial charge in [-0.25, -0.2) is 9.78 Å². The Morgan fingerprint density at radius 2 is 2.14 bits per heavy atom. The number of aliphatic carboxylic acids is 1. The molecule has 0 bridgehead atoms. The molecule has 1 rings (SSSR count). The number of rotatable bonds is 7. The smallest absolute Gasteiger partial charge is 0.326 e. The number of carbonyl (C=O) groups excluding carboxylic acids is 1. The highest BCUT2D eigenvalue weighted by Gasteiger charge is 2.19. The van der Waals surface area contributed by atoms with E-state index in [1.807, 2.05) is 0 Å². The Hall–Kier alpha value is -1.08. The Kier molecular flexibility index (Phi) is 6.67. The number of hydrogen-bond acceptors (Lipinski definition) is 5. The number of thiazole rings is 1. The fraction of sp³-hybridized carbons (Fsp3) is 0.643. The lowest BCUT2D eigenvalue weighted by Crippen LogP contribution is -2.39. The summed E-state index contributed by atoms with van der Waals surface area (Å²) in [6.07, 6.45) is 0.414. The second-order valence-corrected chi connectivity index (χ2v) is 7.86. The SMILES string of the molecule is CC(=O)NC(CCSCc1nc(C(C)(C)C)cs1)C(=O)O. The molecule has 118 valence electrons. The number of carbonyl (C=O) groups is 2. The molecule has 5 nitrogen and oxygen atoms in total. The minimum Gasteiger partial charge on any atom is -0.480 e. The molecule has 0 aliphatic rings. The van der Waals surface area contributed by atoms with Crippen molar-refractivity contribution in [3.63, 3.8) is 0 Å². The summed E-state index contributed by atoms with van der Waals surface area (Å²) in [5.41, 5.74) is 1.14. The lowest BCUT2D eigenvalue weighted by Gasteiger charge is -2.14. The number of amides is 1. The van der Waals surface area contributed by atoms with Gasteiger partial charge in [0.25, 0.3) is 0 Å². The number of carboxylic acids is 1. The molecule has 1 heterocycles. The maximum Gasteiger partial charge on any atom is 0.326 e. The second kappa shape index (κ2) is 7.79. The molecule has 7 heteroatoms. The molecule has 2 N–H and O–H groups in total. The van der Waals surface area contributed by atoms with Gasteiger partial charge in [-0.3, -0.25) is 4.79 Å². The van der Waals surface area contributed by atoms with Crippen molar-refractivity contribution in [3.8, 4) is 0 Å². The largest absolute Gasteiger partial charge is 0.480 e. The first-order valence-electron chi connectivity index (χ1n) is 6.72. The minimum absolute atomic E-state index is 0.0548. The summed E-state index contributed by atoms with van der Waals surface area (Å²) in [6.45, 7) is 7.71. The van der Waals surface area contributed by atoms with Gasteiger partial charge < -0.3 is 10.4 Å². The molecule has 0 saturated carbocycles. The van der Waals surface area contributed by atoms with E-state index in [2.05, 4.69) is 36.5 Å². The standard InChI is InChI=1S/C14H22N2O3S2/c1-9(17)15-10(13(18)19)5-6-20-8-12-16-11(7-21-12)14(2,3)4/h7,10H,5-6,8H2,1-4H3,(H,15,17)(H,18,19). The van der Waals surface area contributed by atoms with Gasteiger partial charge in [-0.15, -0.1) is 11.3 Å². The molecule has 0 spiro atoms. The van der Waals surface area contributed by atoms with Gasteiger partial charge in [-0.1, -0.05) is 20.8 Å². The van der Waals surface area contributed by atoms with Gasteiger partial charge in [0.15, 0.2) is 0 Å². The van der Waals surface area contributed by atoms with Gasteiger partial charge >= 0.3 is 5.97 Å². The van der Waals surface area contributed by atoms with Crippen molar-refractivity contribution in [2.45, 2.75) is 51.3 Å². The van der Waals surface area contributed by atoms with Crippen molar-refractivity contribution >= 4 is 35.0 Å². The summed E-state index contributed by atoms with van der Waals surface area (Å²) in [5.74, 6) is 0.131. The van der Waals surface area contributed by atoms with E-state index in [1.54, 1.807) is 23.1 Å². The molecule has 21 heavy (non-hydrogen) atoms. The Morgan fingerprint density at radius 3 is 2.62 bits per heavy atom. The van der Waals surface area contributed by atoms with Crippen LogP contribution in [-0.4, -0.2) is 33.8 Å². The second-order valence-electron chi connectivity index (χ2n) is 5.81. The quantitative estimate of drug-likeness (QED) is 0.751. The van der Waals surface area contributed by atoms with Crippen molar-refractivity contribution in [3.05, 3.63) is 16.1 Å². The van der Waals surface area contributed by atoms with Gasteiger partial charge in [0, 0.05) is 23.5 Å². The third kappa shape index (κ3) is 6.48. The first-order valence-corrected chi connectivity index (χ1v) is 8.76. The van der Waals surface area contributed by atoms with Gasteiger partial charge in [-0.2, -0.15) is 11.8 Å². The molecule has 0 aromatic carbocycles. The van der Waals surface area contributed by atoms with Crippen LogP contribution in [0.25, 0.3) is 0 Å². The fourth-order valence-electron chi connectivity index (χ4n) is 1.59. The average molecular weight is 330 g/mol. The van der Waals surface area contributed by atoms with Gasteiger partial charge in [0.05, 0.1) is 5.69 Å². The summed E-state index contributed by atoms with van der Waals surface area (Å²) in [5, 5.41) is 14.6. The molecule has 1 aromatic rings. The van der Waals surface area contributed by atoms with Crippen LogP contribution in [0.5, 0.6) is 0 Å². The van der Waals surface area contributed by atoms with E-state index in [9.17, 15) is 9.59 Å². The predicted octanol–water partition coefficient (Wildman–Crippen LogP) is 2.65. The van der Waals surface area contributed by atoms with Crippen molar-refractivity contribution < 1.29 is 14.7 Å². The van der Waals surface area contributed by atoms with E-state index in [4.69, 9.17) is 5.11 Å². The van der Waals surface area contributed by atoms with Gasteiger partial charge in [-0.05, 0) is 12.2 Å². The Morgan fingerprint density at radius 1 is 1.48 bits per heavy atom. The number of hydrogen-bond donors (Lipinski definition) is 2. The minimum atomic E-state index is -0.991. The zero-order valence-electron chi connectivity index (χ0n) is 12.8. The molecular weight excluding hydrogens is 308 g/mol. The van der Waals surface area contributed by atoms with E-state index in [0.717, 1.165) is 16.5 Å². The van der Waals surface area contributed by atoms with Crippen LogP contribution in [0, 0.1) is 0 Å². The lowest BCUT2D eigenvalue weighted by atomic mass is 9.93. The lowest BCUT2D eigenvalue weighted by molar-refractivity contribution is -0.141. The van der Waals surface area contributed by atoms with Crippen LogP contribution < -0.4 is 5.32 Å². The van der Waals surface area contributed by atoms with Crippen molar-refractivity contribution in [2.24, 2.45) is 0 Å². The molecule has 0 radical (unpaired) electrons. The van der Waals surface area contributed by atoms with E-state index in [-0.39, 0.29) is 11.3 Å². The van der Waals surface area contributed by atoms with Crippen molar-refractivity contribution in [1.29, 1.82) is 0 Å². The number of aromatic nitrogens is 1. The zero-order chi connectivity index (χ0) is 16.0. The Bertz CT molecular complexity index is 495. The highest BCUT2D eigenvalue weighted by Crippen LogP contribution is 2.26. The molecule has 0 fully saturated rings. The van der Waals surface area contributed by atoms with Crippen LogP contribution in [0.3, 0.4) is 0 Å². The monoisotopic (exact) mass is 330 g/mol. The van der Waals surface area contributed by atoms with Crippen LogP contribution in [0.2, 0.25) is 0 Å². The number of nitrogens with one attached hydrogen (secondary N) is 1. The Balaban J connectivity index is 2.38. The highest BCUT2D eigenvalue weighted by molar-refractivity contribution is 7.98. The average Bonchev–Trinajstić information content (AvgIpc) is 2.80. The number of thioether (sulfide) groups is 1. The zero-order valence-corrected chi connectivity index (χ0v) is 14.4. The molecule has 0 aliphatic carbocycles. The van der Waals surface area contributed by atoms with E-state index in [1.165, 1.54) is 6.92 Å². The summed E-state index contributed by atoms with van der Waals surface area (Å²) in [6, 6.07) is -0.809. The van der Waals surface area contributed by atoms with Crippen LogP contribution >= 0.6 is 23.1 Å². The van der Waals surface area contributed by atoms with Gasteiger partial charge in [0.2, 0.25) is 5.91 Å². The van der Waals surface area contributed by atoms with E-state index in [0.29, 0.717) is 12.2 Å². The molecule has 0 saturated heterocycles. The molecular formula is C14H22N2O3S2. The predicted molar refractivity (Wildman–Crippen MR) is 86.8 cm³/mol.